The summed E-state index contributed by atoms with van der Waals surface area (Å²) in [4.78, 5) is 17.4. The first kappa shape index (κ1) is 25.7. The molecule has 0 unspecified atom stereocenters. The number of hydrogen-bond donors (Lipinski definition) is 3. The summed E-state index contributed by atoms with van der Waals surface area (Å²) in [6, 6.07) is -3.28. The first-order chi connectivity index (χ1) is 16.7. The van der Waals surface area contributed by atoms with E-state index in [4.69, 9.17) is 4.52 Å². The van der Waals surface area contributed by atoms with Crippen molar-refractivity contribution in [2.75, 3.05) is 24.7 Å². The molecule has 0 spiro atoms. The molecule has 1 saturated heterocycles. The number of likely N-dealkylation sites (tertiary alicyclic amines) is 1. The molecule has 0 aliphatic carbocycles. The molecule has 16 heteroatoms. The van der Waals surface area contributed by atoms with E-state index in [2.05, 4.69) is 15.5 Å². The van der Waals surface area contributed by atoms with Crippen LogP contribution in [0.4, 0.5) is 32.6 Å². The molecule has 1 aliphatic heterocycles. The maximum absolute atomic E-state index is 14.7. The van der Waals surface area contributed by atoms with Crippen molar-refractivity contribution in [2.45, 2.75) is 24.9 Å². The molecule has 0 radical (unpaired) electrons. The minimum absolute atomic E-state index is 0.212. The van der Waals surface area contributed by atoms with Crippen molar-refractivity contribution in [1.29, 1.82) is 0 Å². The van der Waals surface area contributed by atoms with Crippen molar-refractivity contribution in [2.24, 2.45) is 0 Å². The topological polar surface area (TPSA) is 138 Å². The number of aliphatic hydroxyl groups is 1. The number of urea groups is 1. The van der Waals surface area contributed by atoms with Gasteiger partial charge in [0.1, 0.15) is 29.5 Å². The molecule has 2 amide bonds. The van der Waals surface area contributed by atoms with Gasteiger partial charge in [-0.05, 0) is 13.0 Å². The zero-order valence-electron chi connectivity index (χ0n) is 18.5. The highest BCUT2D eigenvalue weighted by Crippen LogP contribution is 2.38. The van der Waals surface area contributed by atoms with E-state index < -0.39 is 76.0 Å². The van der Waals surface area contributed by atoms with Crippen molar-refractivity contribution >= 4 is 33.0 Å². The fraction of sp³-hybridized carbons (Fsp3) is 0.350. The second-order valence-electron chi connectivity index (χ2n) is 8.16. The molecule has 3 N–H and O–H groups in total. The van der Waals surface area contributed by atoms with Gasteiger partial charge >= 0.3 is 6.03 Å². The number of aryl methyl sites for hydroxylation is 1. The molecule has 4 rings (SSSR count). The minimum atomic E-state index is -4.09. The van der Waals surface area contributed by atoms with Crippen LogP contribution in [0.2, 0.25) is 0 Å². The number of nitrogens with one attached hydrogen (secondary N) is 2. The smallest absolute Gasteiger partial charge is 0.323 e. The number of fused-ring (bicyclic) bond motifs is 1. The van der Waals surface area contributed by atoms with Gasteiger partial charge in [0, 0.05) is 29.9 Å². The van der Waals surface area contributed by atoms with E-state index in [1.807, 2.05) is 0 Å². The van der Waals surface area contributed by atoms with Crippen LogP contribution in [0, 0.1) is 24.4 Å². The Morgan fingerprint density at radius 1 is 1.25 bits per heavy atom. The highest BCUT2D eigenvalue weighted by atomic mass is 32.2. The molecule has 194 valence electrons. The van der Waals surface area contributed by atoms with E-state index in [0.717, 1.165) is 0 Å². The highest BCUT2D eigenvalue weighted by molar-refractivity contribution is 7.88. The number of nitrogens with zero attached hydrogens (tertiary/aromatic N) is 3. The lowest BCUT2D eigenvalue weighted by molar-refractivity contribution is -0.0557. The van der Waals surface area contributed by atoms with Crippen LogP contribution in [0.3, 0.4) is 0 Å². The van der Waals surface area contributed by atoms with Gasteiger partial charge in [-0.15, -0.1) is 0 Å². The molecule has 2 aromatic heterocycles. The summed E-state index contributed by atoms with van der Waals surface area (Å²) >= 11 is 0. The van der Waals surface area contributed by atoms with Gasteiger partial charge in [0.05, 0.1) is 23.8 Å². The number of sulfonamides is 1. The van der Waals surface area contributed by atoms with E-state index in [0.29, 0.717) is 23.3 Å². The number of aliphatic hydroxyl groups excluding tert-OH is 1. The van der Waals surface area contributed by atoms with E-state index in [1.54, 1.807) is 4.72 Å². The predicted octanol–water partition coefficient (Wildman–Crippen LogP) is 2.38. The number of rotatable bonds is 5. The Balaban J connectivity index is 1.74. The van der Waals surface area contributed by atoms with Gasteiger partial charge in [0.2, 0.25) is 10.0 Å². The largest absolute Gasteiger partial charge is 0.394 e. The molecule has 1 aliphatic rings. The van der Waals surface area contributed by atoms with Gasteiger partial charge in [-0.25, -0.2) is 44.9 Å². The van der Waals surface area contributed by atoms with Gasteiger partial charge in [-0.1, -0.05) is 5.16 Å². The van der Waals surface area contributed by atoms with Gasteiger partial charge in [0.25, 0.3) is 11.6 Å². The van der Waals surface area contributed by atoms with E-state index in [9.17, 15) is 40.3 Å². The van der Waals surface area contributed by atoms with E-state index >= 15 is 0 Å². The number of carbonyl (C=O) groups is 1. The van der Waals surface area contributed by atoms with Crippen molar-refractivity contribution < 1.29 is 44.8 Å². The molecule has 2 atom stereocenters. The fourth-order valence-electron chi connectivity index (χ4n) is 4.03. The van der Waals surface area contributed by atoms with E-state index in [1.165, 1.54) is 13.0 Å². The summed E-state index contributed by atoms with van der Waals surface area (Å²) in [7, 11) is -4.09. The first-order valence-corrected chi connectivity index (χ1v) is 12.1. The number of pyridine rings is 1. The predicted molar refractivity (Wildman–Crippen MR) is 115 cm³/mol. The average Bonchev–Trinajstić information content (AvgIpc) is 3.23. The quantitative estimate of drug-likeness (QED) is 0.427. The number of halogens is 5. The average molecular weight is 535 g/mol. The number of aromatic nitrogens is 2. The normalized spacial score (nSPS) is 19.7. The zero-order valence-corrected chi connectivity index (χ0v) is 19.3. The summed E-state index contributed by atoms with van der Waals surface area (Å²) < 4.78 is 102. The zero-order chi connectivity index (χ0) is 26.6. The Kier molecular flexibility index (Phi) is 6.38. The molecule has 3 heterocycles. The second kappa shape index (κ2) is 8.94. The molecular weight excluding hydrogens is 517 g/mol. The number of anilines is 1. The van der Waals surface area contributed by atoms with Crippen molar-refractivity contribution in [1.82, 2.24) is 19.8 Å². The summed E-state index contributed by atoms with van der Waals surface area (Å²) in [5.41, 5.74) is -0.940. The lowest BCUT2D eigenvalue weighted by Gasteiger charge is -2.26. The number of hydrogen-bond acceptors (Lipinski definition) is 7. The third-order valence-electron chi connectivity index (χ3n) is 5.53. The Morgan fingerprint density at radius 3 is 2.47 bits per heavy atom. The Bertz CT molecular complexity index is 1440. The molecule has 10 nitrogen and oxygen atoms in total. The standard InChI is InChI=1S/C20H18F5N5O5S/c1-8-3-10(15-11(22)4-9(21)5-12(15)23)16-17(28-35-18(16)26-8)27-19(32)30-6-13(29-36(2,33)34)20(24,25)14(30)7-31/h3-5,13-14,29,31H,6-7H2,1-2H3,(H,27,28,32)/t13-,14-/m1/s1. The second-order valence-corrected chi connectivity index (χ2v) is 9.95. The summed E-state index contributed by atoms with van der Waals surface area (Å²) in [6.45, 7) is -0.561. The monoisotopic (exact) mass is 535 g/mol. The third kappa shape index (κ3) is 4.58. The summed E-state index contributed by atoms with van der Waals surface area (Å²) in [5.74, 6) is -8.01. The van der Waals surface area contributed by atoms with Crippen LogP contribution < -0.4 is 10.0 Å². The molecular formula is C20H18F5N5O5S. The minimum Gasteiger partial charge on any atom is -0.394 e. The number of benzene rings is 1. The highest BCUT2D eigenvalue weighted by Gasteiger charge is 2.58. The van der Waals surface area contributed by atoms with E-state index in [-0.39, 0.29) is 22.4 Å². The number of alkyl halides is 2. The Morgan fingerprint density at radius 2 is 1.89 bits per heavy atom. The number of amides is 2. The Labute approximate surface area is 200 Å². The maximum Gasteiger partial charge on any atom is 0.323 e. The molecule has 0 bridgehead atoms. The van der Waals surface area contributed by atoms with Crippen molar-refractivity contribution in [3.63, 3.8) is 0 Å². The fourth-order valence-corrected chi connectivity index (χ4v) is 4.78. The lowest BCUT2D eigenvalue weighted by Crippen LogP contribution is -2.51. The van der Waals surface area contributed by atoms with Gasteiger partial charge in [-0.2, -0.15) is 0 Å². The number of carbonyl (C=O) groups excluding carboxylic acids is 1. The van der Waals surface area contributed by atoms with Crippen molar-refractivity contribution in [3.05, 3.63) is 41.3 Å². The van der Waals surface area contributed by atoms with Crippen LogP contribution in [-0.4, -0.2) is 72.0 Å². The maximum atomic E-state index is 14.7. The van der Waals surface area contributed by atoms with Crippen LogP contribution in [0.15, 0.2) is 22.7 Å². The van der Waals surface area contributed by atoms with Crippen molar-refractivity contribution in [3.8, 4) is 11.1 Å². The van der Waals surface area contributed by atoms with Crippen LogP contribution in [0.25, 0.3) is 22.2 Å². The SMILES string of the molecule is Cc1cc(-c2c(F)cc(F)cc2F)c2c(NC(=O)N3C[C@@H](NS(C)(=O)=O)C(F)(F)[C@H]3CO)noc2n1. The van der Waals surface area contributed by atoms with Gasteiger partial charge < -0.3 is 14.5 Å². The van der Waals surface area contributed by atoms with Crippen LogP contribution in [-0.2, 0) is 10.0 Å². The van der Waals surface area contributed by atoms with Crippen LogP contribution in [0.1, 0.15) is 5.69 Å². The molecule has 0 saturated carbocycles. The van der Waals surface area contributed by atoms with Crippen LogP contribution >= 0.6 is 0 Å². The van der Waals surface area contributed by atoms with Crippen LogP contribution in [0.5, 0.6) is 0 Å². The summed E-state index contributed by atoms with van der Waals surface area (Å²) in [5, 5.41) is 15.1. The Hall–Kier alpha value is -3.37. The molecule has 36 heavy (non-hydrogen) atoms. The van der Waals surface area contributed by atoms with Gasteiger partial charge in [-0.3, -0.25) is 5.32 Å². The summed E-state index contributed by atoms with van der Waals surface area (Å²) in [6.07, 6.45) is 0.658. The molecule has 3 aromatic rings. The lowest BCUT2D eigenvalue weighted by atomic mass is 10.0. The van der Waals surface area contributed by atoms with Gasteiger partial charge in [0.15, 0.2) is 5.82 Å². The molecule has 1 aromatic carbocycles. The first-order valence-electron chi connectivity index (χ1n) is 10.2. The third-order valence-corrected chi connectivity index (χ3v) is 6.24. The molecule has 1 fully saturated rings.